The van der Waals surface area contributed by atoms with Crippen molar-refractivity contribution in [2.75, 3.05) is 11.3 Å². The number of halogens is 1. The van der Waals surface area contributed by atoms with Crippen LogP contribution in [0.5, 0.6) is 0 Å². The summed E-state index contributed by atoms with van der Waals surface area (Å²) in [7, 11) is -3.93. The van der Waals surface area contributed by atoms with Gasteiger partial charge < -0.3 is 26.2 Å². The van der Waals surface area contributed by atoms with Gasteiger partial charge in [0.2, 0.25) is 27.7 Å². The predicted octanol–water partition coefficient (Wildman–Crippen LogP) is 1.12. The van der Waals surface area contributed by atoms with E-state index in [1.807, 2.05) is 22.6 Å². The van der Waals surface area contributed by atoms with Gasteiger partial charge in [-0.05, 0) is 58.4 Å². The number of thiazole rings is 1. The van der Waals surface area contributed by atoms with Gasteiger partial charge in [0, 0.05) is 27.3 Å². The molecule has 0 aliphatic rings. The number of ketones is 1. The van der Waals surface area contributed by atoms with E-state index >= 15 is 0 Å². The lowest BCUT2D eigenvalue weighted by Crippen LogP contribution is -2.44. The predicted molar refractivity (Wildman–Crippen MR) is 156 cm³/mol. The number of aryl methyl sites for hydroxylation is 1. The van der Waals surface area contributed by atoms with Gasteiger partial charge in [0.05, 0.1) is 11.8 Å². The molecule has 16 heteroatoms. The summed E-state index contributed by atoms with van der Waals surface area (Å²) in [6.45, 7) is 1.05. The van der Waals surface area contributed by atoms with Crippen molar-refractivity contribution in [1.29, 1.82) is 0 Å². The molecule has 0 saturated heterocycles. The maximum Gasteiger partial charge on any atom is 0.275 e. The minimum Gasteiger partial charge on any atom is -0.393 e. The number of oxime groups is 1. The molecule has 1 amide bonds. The van der Waals surface area contributed by atoms with E-state index in [1.165, 1.54) is 18.3 Å². The Kier molecular flexibility index (Phi) is 10.4. The van der Waals surface area contributed by atoms with Gasteiger partial charge in [-0.1, -0.05) is 18.2 Å². The van der Waals surface area contributed by atoms with Gasteiger partial charge in [0.25, 0.3) is 5.56 Å². The van der Waals surface area contributed by atoms with Crippen LogP contribution in [0.3, 0.4) is 0 Å². The molecular formula is C23H26IN7O6S2. The number of Topliss-reactive ketones (excluding diaryl/α,β-unsaturated/α-hetero) is 1. The number of carbonyl (C=O) groups excluding carboxylic acids is 2. The van der Waals surface area contributed by atoms with E-state index in [9.17, 15) is 22.8 Å². The van der Waals surface area contributed by atoms with Crippen molar-refractivity contribution in [1.82, 2.24) is 14.9 Å². The van der Waals surface area contributed by atoms with Crippen molar-refractivity contribution in [3.8, 4) is 0 Å². The summed E-state index contributed by atoms with van der Waals surface area (Å²) in [5.41, 5.74) is 10.5. The van der Waals surface area contributed by atoms with Crippen molar-refractivity contribution in [2.45, 2.75) is 31.7 Å². The standard InChI is InChI=1S/C23H26IN7O6S2/c1-14-6-7-18(30-39(35,36)13-15-4-2-3-5-16(15)24)22(34)31(14)12-19(32)28-17(8-10-37-29-23(25)26)20(33)21-27-9-11-38-21/h2-7,9,11,17,30H,8,10,12-13H2,1H3,(H,28,32)(H4,25,26,29). The molecule has 0 saturated carbocycles. The third-order valence-corrected chi connectivity index (χ3v) is 8.29. The third-order valence-electron chi connectivity index (χ3n) is 5.23. The molecule has 2 heterocycles. The summed E-state index contributed by atoms with van der Waals surface area (Å²) in [6, 6.07) is 8.80. The summed E-state index contributed by atoms with van der Waals surface area (Å²) in [5.74, 6) is -1.74. The van der Waals surface area contributed by atoms with Gasteiger partial charge in [-0.25, -0.2) is 13.4 Å². The summed E-state index contributed by atoms with van der Waals surface area (Å²) in [4.78, 5) is 47.9. The number of pyridine rings is 1. The number of benzene rings is 1. The first-order valence-electron chi connectivity index (χ1n) is 11.3. The van der Waals surface area contributed by atoms with Crippen LogP contribution in [0.2, 0.25) is 0 Å². The van der Waals surface area contributed by atoms with E-state index in [0.29, 0.717) is 11.3 Å². The van der Waals surface area contributed by atoms with Crippen molar-refractivity contribution >= 4 is 67.3 Å². The summed E-state index contributed by atoms with van der Waals surface area (Å²) in [5, 5.41) is 7.78. The fourth-order valence-electron chi connectivity index (χ4n) is 3.41. The molecule has 13 nitrogen and oxygen atoms in total. The molecule has 0 bridgehead atoms. The van der Waals surface area contributed by atoms with Crippen LogP contribution >= 0.6 is 33.9 Å². The van der Waals surface area contributed by atoms with Gasteiger partial charge in [-0.2, -0.15) is 0 Å². The molecule has 0 aliphatic carbocycles. The second-order valence-corrected chi connectivity index (χ2v) is 12.0. The SMILES string of the molecule is Cc1ccc(NS(=O)(=O)Cc2ccccc2I)c(=O)n1CC(=O)NC(CCON=C(N)N)C(=O)c1nccs1. The normalized spacial score (nSPS) is 11.8. The van der Waals surface area contributed by atoms with Crippen LogP contribution in [-0.2, 0) is 32.0 Å². The molecule has 208 valence electrons. The summed E-state index contributed by atoms with van der Waals surface area (Å²) >= 11 is 3.14. The molecular weight excluding hydrogens is 661 g/mol. The van der Waals surface area contributed by atoms with Gasteiger partial charge in [0.15, 0.2) is 5.01 Å². The van der Waals surface area contributed by atoms with Crippen molar-refractivity contribution in [3.63, 3.8) is 0 Å². The van der Waals surface area contributed by atoms with Gasteiger partial charge in [-0.15, -0.1) is 11.3 Å². The molecule has 3 aromatic rings. The van der Waals surface area contributed by atoms with Crippen molar-refractivity contribution in [3.05, 3.63) is 78.2 Å². The highest BCUT2D eigenvalue weighted by Crippen LogP contribution is 2.16. The Hall–Kier alpha value is -3.51. The summed E-state index contributed by atoms with van der Waals surface area (Å²) in [6.07, 6.45) is 1.48. The third kappa shape index (κ3) is 8.75. The number of anilines is 1. The average molecular weight is 688 g/mol. The number of carbonyl (C=O) groups is 2. The fourth-order valence-corrected chi connectivity index (χ4v) is 6.10. The molecule has 3 rings (SSSR count). The highest BCUT2D eigenvalue weighted by atomic mass is 127. The Balaban J connectivity index is 1.75. The van der Waals surface area contributed by atoms with Crippen LogP contribution < -0.4 is 27.1 Å². The van der Waals surface area contributed by atoms with Crippen molar-refractivity contribution in [2.24, 2.45) is 16.6 Å². The number of amides is 1. The van der Waals surface area contributed by atoms with E-state index in [0.717, 1.165) is 19.5 Å². The van der Waals surface area contributed by atoms with E-state index in [4.69, 9.17) is 16.3 Å². The number of hydrogen-bond acceptors (Lipinski definition) is 9. The lowest BCUT2D eigenvalue weighted by Gasteiger charge is -2.18. The van der Waals surface area contributed by atoms with Gasteiger partial charge in [-0.3, -0.25) is 19.1 Å². The molecule has 6 N–H and O–H groups in total. The number of sulfonamides is 1. The first-order chi connectivity index (χ1) is 18.5. The first-order valence-corrected chi connectivity index (χ1v) is 15.0. The van der Waals surface area contributed by atoms with E-state index in [1.54, 1.807) is 36.6 Å². The molecule has 1 atom stereocenters. The topological polar surface area (TPSA) is 201 Å². The van der Waals surface area contributed by atoms with Gasteiger partial charge >= 0.3 is 0 Å². The fraction of sp³-hybridized carbons (Fsp3) is 0.261. The van der Waals surface area contributed by atoms with Crippen LogP contribution in [0.15, 0.2) is 57.9 Å². The number of nitrogens with one attached hydrogen (secondary N) is 2. The number of hydrogen-bond donors (Lipinski definition) is 4. The highest BCUT2D eigenvalue weighted by molar-refractivity contribution is 14.1. The van der Waals surface area contributed by atoms with Crippen LogP contribution in [0, 0.1) is 10.5 Å². The Morgan fingerprint density at radius 3 is 2.64 bits per heavy atom. The quantitative estimate of drug-likeness (QED) is 0.0508. The van der Waals surface area contributed by atoms with Crippen LogP contribution in [0.25, 0.3) is 0 Å². The Morgan fingerprint density at radius 2 is 1.97 bits per heavy atom. The van der Waals surface area contributed by atoms with Crippen LogP contribution in [0.1, 0.15) is 27.5 Å². The second-order valence-electron chi connectivity index (χ2n) is 8.19. The lowest BCUT2D eigenvalue weighted by atomic mass is 10.1. The monoisotopic (exact) mass is 687 g/mol. The molecule has 39 heavy (non-hydrogen) atoms. The summed E-state index contributed by atoms with van der Waals surface area (Å²) < 4.78 is 29.7. The maximum atomic E-state index is 13.1. The molecule has 0 aliphatic heterocycles. The zero-order chi connectivity index (χ0) is 28.6. The average Bonchev–Trinajstić information content (AvgIpc) is 3.41. The number of aromatic nitrogens is 2. The lowest BCUT2D eigenvalue weighted by molar-refractivity contribution is -0.122. The van der Waals surface area contributed by atoms with E-state index in [2.05, 4.69) is 20.2 Å². The number of guanidine groups is 1. The number of nitrogens with two attached hydrogens (primary N) is 2. The van der Waals surface area contributed by atoms with Crippen LogP contribution in [-0.4, -0.2) is 48.3 Å². The van der Waals surface area contributed by atoms with E-state index < -0.39 is 39.9 Å². The minimum atomic E-state index is -3.93. The number of nitrogens with zero attached hydrogens (tertiary/aromatic N) is 3. The smallest absolute Gasteiger partial charge is 0.275 e. The molecule has 0 spiro atoms. The molecule has 1 unspecified atom stereocenters. The van der Waals surface area contributed by atoms with Crippen LogP contribution in [0.4, 0.5) is 5.69 Å². The molecule has 0 radical (unpaired) electrons. The Bertz CT molecular complexity index is 1520. The molecule has 1 aromatic carbocycles. The second kappa shape index (κ2) is 13.5. The highest BCUT2D eigenvalue weighted by Gasteiger charge is 2.25. The Morgan fingerprint density at radius 1 is 1.23 bits per heavy atom. The zero-order valence-electron chi connectivity index (χ0n) is 20.7. The number of rotatable bonds is 13. The molecule has 0 fully saturated rings. The minimum absolute atomic E-state index is 0.0208. The largest absolute Gasteiger partial charge is 0.393 e. The Labute approximate surface area is 241 Å². The van der Waals surface area contributed by atoms with E-state index in [-0.39, 0.29) is 35.4 Å². The van der Waals surface area contributed by atoms with Gasteiger partial charge in [0.1, 0.15) is 18.8 Å². The molecule has 2 aromatic heterocycles. The zero-order valence-corrected chi connectivity index (χ0v) is 24.5. The first kappa shape index (κ1) is 30.0. The maximum absolute atomic E-state index is 13.1. The van der Waals surface area contributed by atoms with Crippen molar-refractivity contribution < 1.29 is 22.8 Å².